The monoisotopic (exact) mass is 422 g/mol. The first-order chi connectivity index (χ1) is 12.0. The van der Waals surface area contributed by atoms with Gasteiger partial charge in [-0.3, -0.25) is 9.59 Å². The molecule has 5 nitrogen and oxygen atoms in total. The lowest BCUT2D eigenvalue weighted by atomic mass is 10.3. The fourth-order valence-corrected chi connectivity index (χ4v) is 2.99. The van der Waals surface area contributed by atoms with E-state index >= 15 is 0 Å². The Hall–Kier alpha value is -1.99. The predicted molar refractivity (Wildman–Crippen MR) is 104 cm³/mol. The summed E-state index contributed by atoms with van der Waals surface area (Å²) in [7, 11) is 1.58. The number of hydrogen-bond donors (Lipinski definition) is 1. The Morgan fingerprint density at radius 2 is 1.96 bits per heavy atom. The normalized spacial score (nSPS) is 10.2. The molecule has 1 N–H and O–H groups in total. The van der Waals surface area contributed by atoms with E-state index in [4.69, 9.17) is 4.74 Å². The number of anilines is 1. The lowest BCUT2D eigenvalue weighted by molar-refractivity contribution is -0.135. The van der Waals surface area contributed by atoms with Crippen LogP contribution in [0.15, 0.2) is 57.9 Å². The molecule has 132 valence electrons. The van der Waals surface area contributed by atoms with E-state index < -0.39 is 0 Å². The highest BCUT2D eigenvalue weighted by molar-refractivity contribution is 9.10. The number of benzene rings is 2. The van der Waals surface area contributed by atoms with E-state index in [1.54, 1.807) is 30.9 Å². The quantitative estimate of drug-likeness (QED) is 0.691. The minimum absolute atomic E-state index is 0.0383. The zero-order valence-electron chi connectivity index (χ0n) is 14.0. The van der Waals surface area contributed by atoms with Gasteiger partial charge in [-0.05, 0) is 36.6 Å². The lowest BCUT2D eigenvalue weighted by Crippen LogP contribution is -2.37. The molecule has 0 atom stereocenters. The Morgan fingerprint density at radius 1 is 1.20 bits per heavy atom. The smallest absolute Gasteiger partial charge is 0.260 e. The van der Waals surface area contributed by atoms with Gasteiger partial charge in [-0.1, -0.05) is 34.1 Å². The summed E-state index contributed by atoms with van der Waals surface area (Å²) in [5.41, 5.74) is 0.742. The minimum Gasteiger partial charge on any atom is -0.484 e. The van der Waals surface area contributed by atoms with E-state index in [1.807, 2.05) is 42.7 Å². The standard InChI is InChI=1S/C18H19BrN2O3S/c1-21(18(23)12-24-14-7-5-6-13(19)10-14)11-17(22)20-15-8-3-4-9-16(15)25-2/h3-10H,11-12H2,1-2H3,(H,20,22). The number of amides is 2. The zero-order valence-corrected chi connectivity index (χ0v) is 16.4. The third-order valence-corrected chi connectivity index (χ3v) is 4.64. The fraction of sp³-hybridized carbons (Fsp3) is 0.222. The molecule has 0 bridgehead atoms. The molecule has 0 saturated carbocycles. The van der Waals surface area contributed by atoms with Crippen molar-refractivity contribution >= 4 is 45.2 Å². The van der Waals surface area contributed by atoms with Gasteiger partial charge in [-0.25, -0.2) is 0 Å². The Balaban J connectivity index is 1.84. The van der Waals surface area contributed by atoms with Crippen LogP contribution >= 0.6 is 27.7 Å². The minimum atomic E-state index is -0.270. The van der Waals surface area contributed by atoms with Crippen molar-refractivity contribution in [1.82, 2.24) is 4.90 Å². The van der Waals surface area contributed by atoms with Crippen LogP contribution in [-0.4, -0.2) is 43.2 Å². The highest BCUT2D eigenvalue weighted by atomic mass is 79.9. The summed E-state index contributed by atoms with van der Waals surface area (Å²) < 4.78 is 6.32. The van der Waals surface area contributed by atoms with E-state index in [1.165, 1.54) is 4.90 Å². The largest absolute Gasteiger partial charge is 0.484 e. The molecule has 7 heteroatoms. The van der Waals surface area contributed by atoms with Gasteiger partial charge in [0.2, 0.25) is 5.91 Å². The lowest BCUT2D eigenvalue weighted by Gasteiger charge is -2.18. The first kappa shape index (κ1) is 19.3. The number of ether oxygens (including phenoxy) is 1. The molecular weight excluding hydrogens is 404 g/mol. The van der Waals surface area contributed by atoms with E-state index in [2.05, 4.69) is 21.2 Å². The average Bonchev–Trinajstić information content (AvgIpc) is 2.60. The summed E-state index contributed by atoms with van der Waals surface area (Å²) >= 11 is 4.89. The molecule has 0 unspecified atom stereocenters. The molecular formula is C18H19BrN2O3S. The molecule has 0 saturated heterocycles. The molecule has 2 amide bonds. The fourth-order valence-electron chi connectivity index (χ4n) is 2.05. The van der Waals surface area contributed by atoms with Gasteiger partial charge in [0.05, 0.1) is 12.2 Å². The number of thioether (sulfide) groups is 1. The molecule has 0 aliphatic heterocycles. The van der Waals surface area contributed by atoms with Gasteiger partial charge >= 0.3 is 0 Å². The number of carbonyl (C=O) groups excluding carboxylic acids is 2. The second kappa shape index (κ2) is 9.48. The number of likely N-dealkylation sites (N-methyl/N-ethyl adjacent to an activating group) is 1. The molecule has 0 fully saturated rings. The maximum atomic E-state index is 12.2. The number of hydrogen-bond acceptors (Lipinski definition) is 4. The van der Waals surface area contributed by atoms with Crippen LogP contribution < -0.4 is 10.1 Å². The summed E-state index contributed by atoms with van der Waals surface area (Å²) in [5, 5.41) is 2.83. The first-order valence-electron chi connectivity index (χ1n) is 7.55. The SMILES string of the molecule is CSc1ccccc1NC(=O)CN(C)C(=O)COc1cccc(Br)c1. The van der Waals surface area contributed by atoms with Gasteiger partial charge in [-0.15, -0.1) is 11.8 Å². The predicted octanol–water partition coefficient (Wildman–Crippen LogP) is 3.65. The molecule has 0 aliphatic rings. The van der Waals surface area contributed by atoms with Gasteiger partial charge in [0.1, 0.15) is 5.75 Å². The highest BCUT2D eigenvalue weighted by Gasteiger charge is 2.14. The van der Waals surface area contributed by atoms with E-state index in [0.29, 0.717) is 5.75 Å². The van der Waals surface area contributed by atoms with Crippen LogP contribution in [-0.2, 0) is 9.59 Å². The van der Waals surface area contributed by atoms with Gasteiger partial charge < -0.3 is 15.0 Å². The van der Waals surface area contributed by atoms with Crippen LogP contribution in [0.5, 0.6) is 5.75 Å². The van der Waals surface area contributed by atoms with Crippen LogP contribution in [0.25, 0.3) is 0 Å². The van der Waals surface area contributed by atoms with Gasteiger partial charge in [-0.2, -0.15) is 0 Å². The number of para-hydroxylation sites is 1. The second-order valence-corrected chi connectivity index (χ2v) is 7.01. The van der Waals surface area contributed by atoms with Crippen molar-refractivity contribution in [3.8, 4) is 5.75 Å². The van der Waals surface area contributed by atoms with Gasteiger partial charge in [0.15, 0.2) is 6.61 Å². The molecule has 0 spiro atoms. The van der Waals surface area contributed by atoms with Crippen molar-refractivity contribution in [2.75, 3.05) is 31.8 Å². The van der Waals surface area contributed by atoms with Gasteiger partial charge in [0, 0.05) is 16.4 Å². The van der Waals surface area contributed by atoms with E-state index in [-0.39, 0.29) is 25.0 Å². The maximum absolute atomic E-state index is 12.2. The number of carbonyl (C=O) groups is 2. The molecule has 2 aromatic carbocycles. The first-order valence-corrected chi connectivity index (χ1v) is 9.56. The van der Waals surface area contributed by atoms with Crippen molar-refractivity contribution in [3.05, 3.63) is 53.0 Å². The Labute approximate surface area is 159 Å². The molecule has 0 aliphatic carbocycles. The zero-order chi connectivity index (χ0) is 18.2. The third-order valence-electron chi connectivity index (χ3n) is 3.35. The molecule has 0 heterocycles. The molecule has 0 aromatic heterocycles. The van der Waals surface area contributed by atoms with Crippen molar-refractivity contribution < 1.29 is 14.3 Å². The summed E-state index contributed by atoms with van der Waals surface area (Å²) in [6, 6.07) is 14.8. The van der Waals surface area contributed by atoms with Crippen molar-refractivity contribution in [2.24, 2.45) is 0 Å². The van der Waals surface area contributed by atoms with Crippen molar-refractivity contribution in [3.63, 3.8) is 0 Å². The number of rotatable bonds is 7. The Morgan fingerprint density at radius 3 is 2.68 bits per heavy atom. The van der Waals surface area contributed by atoms with E-state index in [9.17, 15) is 9.59 Å². The second-order valence-electron chi connectivity index (χ2n) is 5.24. The Bertz CT molecular complexity index is 755. The van der Waals surface area contributed by atoms with Crippen LogP contribution in [0.4, 0.5) is 5.69 Å². The van der Waals surface area contributed by atoms with Crippen molar-refractivity contribution in [1.29, 1.82) is 0 Å². The van der Waals surface area contributed by atoms with Crippen LogP contribution in [0.1, 0.15) is 0 Å². The summed E-state index contributed by atoms with van der Waals surface area (Å²) in [4.78, 5) is 26.6. The summed E-state index contributed by atoms with van der Waals surface area (Å²) in [5.74, 6) is 0.0718. The van der Waals surface area contributed by atoms with Crippen molar-refractivity contribution in [2.45, 2.75) is 4.90 Å². The summed E-state index contributed by atoms with van der Waals surface area (Å²) in [6.45, 7) is -0.162. The molecule has 2 aromatic rings. The molecule has 25 heavy (non-hydrogen) atoms. The molecule has 2 rings (SSSR count). The Kier molecular flexibility index (Phi) is 7.33. The van der Waals surface area contributed by atoms with Crippen LogP contribution in [0, 0.1) is 0 Å². The van der Waals surface area contributed by atoms with E-state index in [0.717, 1.165) is 15.1 Å². The third kappa shape index (κ3) is 6.10. The molecule has 0 radical (unpaired) electrons. The maximum Gasteiger partial charge on any atom is 0.260 e. The summed E-state index contributed by atoms with van der Waals surface area (Å²) in [6.07, 6.45) is 1.94. The van der Waals surface area contributed by atoms with Gasteiger partial charge in [0.25, 0.3) is 5.91 Å². The number of nitrogens with one attached hydrogen (secondary N) is 1. The highest BCUT2D eigenvalue weighted by Crippen LogP contribution is 2.24. The number of nitrogens with zero attached hydrogens (tertiary/aromatic N) is 1. The number of halogens is 1. The van der Waals surface area contributed by atoms with Crippen LogP contribution in [0.3, 0.4) is 0 Å². The average molecular weight is 423 g/mol. The van der Waals surface area contributed by atoms with Crippen LogP contribution in [0.2, 0.25) is 0 Å². The topological polar surface area (TPSA) is 58.6 Å².